The number of carbonyl (C=O) groups is 1. The van der Waals surface area contributed by atoms with E-state index in [1.54, 1.807) is 24.3 Å². The molecule has 0 spiro atoms. The fourth-order valence-corrected chi connectivity index (χ4v) is 4.05. The Morgan fingerprint density at radius 2 is 1.90 bits per heavy atom. The minimum atomic E-state index is -0.249. The number of hydrogen-bond donors (Lipinski definition) is 1. The highest BCUT2D eigenvalue weighted by Gasteiger charge is 2.16. The van der Waals surface area contributed by atoms with Crippen molar-refractivity contribution in [1.82, 2.24) is 14.8 Å². The van der Waals surface area contributed by atoms with Crippen molar-refractivity contribution in [3.8, 4) is 5.75 Å². The first-order valence-corrected chi connectivity index (χ1v) is 11.2. The molecule has 0 radical (unpaired) electrons. The molecule has 1 N–H and O–H groups in total. The summed E-state index contributed by atoms with van der Waals surface area (Å²) in [6.07, 6.45) is 1.75. The first-order valence-electron chi connectivity index (χ1n) is 9.49. The van der Waals surface area contributed by atoms with Gasteiger partial charge in [0.1, 0.15) is 12.4 Å². The Hall–Kier alpha value is -2.48. The quantitative estimate of drug-likeness (QED) is 0.316. The second-order valence-electron chi connectivity index (χ2n) is 6.72. The Balaban J connectivity index is 1.66. The number of nitrogens with zero attached hydrogens (tertiary/aromatic N) is 3. The van der Waals surface area contributed by atoms with Crippen molar-refractivity contribution >= 4 is 46.6 Å². The van der Waals surface area contributed by atoms with E-state index in [4.69, 9.17) is 27.9 Å². The molecule has 0 aliphatic carbocycles. The summed E-state index contributed by atoms with van der Waals surface area (Å²) in [7, 11) is 0. The highest BCUT2D eigenvalue weighted by atomic mass is 35.5. The molecule has 0 unspecified atom stereocenters. The van der Waals surface area contributed by atoms with Gasteiger partial charge in [0, 0.05) is 6.54 Å². The molecule has 0 aliphatic rings. The normalized spacial score (nSPS) is 10.7. The topological polar surface area (TPSA) is 69.0 Å². The number of para-hydroxylation sites is 1. The van der Waals surface area contributed by atoms with Crippen LogP contribution in [-0.2, 0) is 17.9 Å². The molecule has 0 atom stereocenters. The number of anilines is 1. The number of allylic oxidation sites excluding steroid dienone is 1. The number of aryl methyl sites for hydroxylation is 1. The van der Waals surface area contributed by atoms with Crippen LogP contribution >= 0.6 is 35.0 Å². The van der Waals surface area contributed by atoms with E-state index >= 15 is 0 Å². The van der Waals surface area contributed by atoms with Crippen LogP contribution in [0.2, 0.25) is 10.0 Å². The number of aromatic nitrogens is 3. The Morgan fingerprint density at radius 1 is 1.19 bits per heavy atom. The molecule has 0 fully saturated rings. The van der Waals surface area contributed by atoms with Crippen molar-refractivity contribution in [3.05, 3.63) is 76.0 Å². The van der Waals surface area contributed by atoms with Gasteiger partial charge in [-0.15, -0.1) is 16.8 Å². The zero-order valence-corrected chi connectivity index (χ0v) is 19.5. The first kappa shape index (κ1) is 23.2. The summed E-state index contributed by atoms with van der Waals surface area (Å²) in [6, 6.07) is 11.0. The average Bonchev–Trinajstić information content (AvgIpc) is 3.12. The van der Waals surface area contributed by atoms with Crippen LogP contribution < -0.4 is 10.1 Å². The molecule has 31 heavy (non-hydrogen) atoms. The van der Waals surface area contributed by atoms with Gasteiger partial charge in [0.05, 0.1) is 21.5 Å². The minimum Gasteiger partial charge on any atom is -0.485 e. The molecular weight excluding hydrogens is 455 g/mol. The van der Waals surface area contributed by atoms with E-state index in [1.807, 2.05) is 36.6 Å². The number of nitrogens with one attached hydrogen (secondary N) is 1. The van der Waals surface area contributed by atoms with Gasteiger partial charge in [-0.25, -0.2) is 0 Å². The monoisotopic (exact) mass is 476 g/mol. The zero-order chi connectivity index (χ0) is 22.4. The van der Waals surface area contributed by atoms with Gasteiger partial charge in [-0.3, -0.25) is 9.36 Å². The molecule has 0 saturated carbocycles. The van der Waals surface area contributed by atoms with Gasteiger partial charge < -0.3 is 10.1 Å². The van der Waals surface area contributed by atoms with E-state index in [9.17, 15) is 4.79 Å². The van der Waals surface area contributed by atoms with Crippen molar-refractivity contribution < 1.29 is 9.53 Å². The van der Waals surface area contributed by atoms with Crippen molar-refractivity contribution in [3.63, 3.8) is 0 Å². The lowest BCUT2D eigenvalue weighted by Gasteiger charge is -2.12. The third-order valence-electron chi connectivity index (χ3n) is 4.58. The fraction of sp³-hybridized carbons (Fsp3) is 0.227. The molecule has 2 aromatic carbocycles. The Bertz CT molecular complexity index is 1080. The highest BCUT2D eigenvalue weighted by molar-refractivity contribution is 7.99. The summed E-state index contributed by atoms with van der Waals surface area (Å²) < 4.78 is 7.83. The fourth-order valence-electron chi connectivity index (χ4n) is 2.79. The predicted octanol–water partition coefficient (Wildman–Crippen LogP) is 5.70. The van der Waals surface area contributed by atoms with Gasteiger partial charge >= 0.3 is 0 Å². The molecule has 0 bridgehead atoms. The second-order valence-corrected chi connectivity index (χ2v) is 8.48. The van der Waals surface area contributed by atoms with Crippen LogP contribution in [0.3, 0.4) is 0 Å². The molecule has 0 saturated heterocycles. The number of thioether (sulfide) groups is 1. The van der Waals surface area contributed by atoms with Crippen molar-refractivity contribution in [2.24, 2.45) is 0 Å². The SMILES string of the molecule is C=CCn1c(COc2cccc(C)c2C)nnc1SCC(=O)Nc1c(Cl)cccc1Cl. The maximum Gasteiger partial charge on any atom is 0.234 e. The zero-order valence-electron chi connectivity index (χ0n) is 17.2. The van der Waals surface area contributed by atoms with Gasteiger partial charge in [0.25, 0.3) is 0 Å². The number of halogens is 2. The van der Waals surface area contributed by atoms with Gasteiger partial charge in [-0.05, 0) is 43.2 Å². The smallest absolute Gasteiger partial charge is 0.234 e. The lowest BCUT2D eigenvalue weighted by molar-refractivity contribution is -0.113. The molecule has 3 aromatic rings. The number of rotatable bonds is 9. The summed E-state index contributed by atoms with van der Waals surface area (Å²) in [5.41, 5.74) is 2.64. The van der Waals surface area contributed by atoms with Crippen LogP contribution in [0.1, 0.15) is 17.0 Å². The molecular formula is C22H22Cl2N4O2S. The highest BCUT2D eigenvalue weighted by Crippen LogP contribution is 2.30. The van der Waals surface area contributed by atoms with Gasteiger partial charge in [-0.2, -0.15) is 0 Å². The number of benzene rings is 2. The van der Waals surface area contributed by atoms with Crippen molar-refractivity contribution in [2.45, 2.75) is 32.2 Å². The van der Waals surface area contributed by atoms with E-state index in [-0.39, 0.29) is 18.3 Å². The van der Waals surface area contributed by atoms with Gasteiger partial charge in [-0.1, -0.05) is 59.2 Å². The summed E-state index contributed by atoms with van der Waals surface area (Å²) in [5.74, 6) is 1.33. The standard InChI is InChI=1S/C22H22Cl2N4O2S/c1-4-11-28-19(12-30-18-10-5-7-14(2)15(18)3)26-27-22(28)31-13-20(29)25-21-16(23)8-6-9-17(21)24/h4-10H,1,11-13H2,2-3H3,(H,25,29). The Labute approximate surface area is 195 Å². The molecule has 6 nitrogen and oxygen atoms in total. The molecule has 3 rings (SSSR count). The van der Waals surface area contributed by atoms with Crippen LogP contribution in [-0.4, -0.2) is 26.4 Å². The Kier molecular flexibility index (Phi) is 8.01. The summed E-state index contributed by atoms with van der Waals surface area (Å²) in [5, 5.41) is 12.6. The lowest BCUT2D eigenvalue weighted by Crippen LogP contribution is -2.15. The number of carbonyl (C=O) groups excluding carboxylic acids is 1. The molecule has 1 amide bonds. The van der Waals surface area contributed by atoms with E-state index in [0.717, 1.165) is 16.9 Å². The van der Waals surface area contributed by atoms with Crippen molar-refractivity contribution in [2.75, 3.05) is 11.1 Å². The maximum atomic E-state index is 12.4. The van der Waals surface area contributed by atoms with Crippen LogP contribution in [0.15, 0.2) is 54.2 Å². The summed E-state index contributed by atoms with van der Waals surface area (Å²) in [6.45, 7) is 8.61. The largest absolute Gasteiger partial charge is 0.485 e. The second kappa shape index (κ2) is 10.7. The average molecular weight is 477 g/mol. The van der Waals surface area contributed by atoms with Crippen LogP contribution in [0, 0.1) is 13.8 Å². The van der Waals surface area contributed by atoms with Gasteiger partial charge in [0.2, 0.25) is 5.91 Å². The minimum absolute atomic E-state index is 0.120. The number of ether oxygens (including phenoxy) is 1. The maximum absolute atomic E-state index is 12.4. The van der Waals surface area contributed by atoms with Crippen LogP contribution in [0.25, 0.3) is 0 Å². The Morgan fingerprint density at radius 3 is 2.61 bits per heavy atom. The van der Waals surface area contributed by atoms with E-state index in [0.29, 0.717) is 33.3 Å². The van der Waals surface area contributed by atoms with Crippen LogP contribution in [0.5, 0.6) is 5.75 Å². The third kappa shape index (κ3) is 5.81. The third-order valence-corrected chi connectivity index (χ3v) is 6.17. The van der Waals surface area contributed by atoms with E-state index in [1.165, 1.54) is 11.8 Å². The summed E-state index contributed by atoms with van der Waals surface area (Å²) in [4.78, 5) is 12.4. The number of hydrogen-bond acceptors (Lipinski definition) is 5. The molecule has 1 heterocycles. The van der Waals surface area contributed by atoms with Crippen LogP contribution in [0.4, 0.5) is 5.69 Å². The molecule has 0 aliphatic heterocycles. The predicted molar refractivity (Wildman–Crippen MR) is 126 cm³/mol. The van der Waals surface area contributed by atoms with Crippen molar-refractivity contribution in [1.29, 1.82) is 0 Å². The van der Waals surface area contributed by atoms with E-state index < -0.39 is 0 Å². The first-order chi connectivity index (χ1) is 14.9. The van der Waals surface area contributed by atoms with E-state index in [2.05, 4.69) is 22.1 Å². The lowest BCUT2D eigenvalue weighted by atomic mass is 10.1. The molecule has 1 aromatic heterocycles. The number of amides is 1. The molecule has 9 heteroatoms. The molecule has 162 valence electrons. The van der Waals surface area contributed by atoms with Gasteiger partial charge in [0.15, 0.2) is 11.0 Å². The summed E-state index contributed by atoms with van der Waals surface area (Å²) >= 11 is 13.5.